The van der Waals surface area contributed by atoms with Gasteiger partial charge in [-0.2, -0.15) is 13.3 Å². The van der Waals surface area contributed by atoms with Crippen molar-refractivity contribution in [2.45, 2.75) is 5.25 Å². The van der Waals surface area contributed by atoms with Crippen LogP contribution in [0.15, 0.2) is 10.7 Å². The zero-order valence-corrected chi connectivity index (χ0v) is 8.70. The maximum absolute atomic E-state index is 11.0. The fourth-order valence-corrected chi connectivity index (χ4v) is 2.17. The number of aromatic nitrogens is 2. The summed E-state index contributed by atoms with van der Waals surface area (Å²) in [6, 6.07) is 0. The summed E-state index contributed by atoms with van der Waals surface area (Å²) in [4.78, 5) is -1.14. The van der Waals surface area contributed by atoms with Crippen LogP contribution in [0, 0.1) is 15.6 Å². The molecule has 1 aliphatic rings. The molecule has 1 unspecified atom stereocenters. The normalized spacial score (nSPS) is 19.1. The van der Waals surface area contributed by atoms with Crippen LogP contribution in [-0.4, -0.2) is 34.0 Å². The van der Waals surface area contributed by atoms with Gasteiger partial charge in [0.1, 0.15) is 0 Å². The summed E-state index contributed by atoms with van der Waals surface area (Å²) in [5, 5.41) is 33.7. The van der Waals surface area contributed by atoms with Crippen molar-refractivity contribution >= 4 is 21.9 Å². The molecule has 1 atom stereocenters. The molecule has 92 valence electrons. The third-order valence-electron chi connectivity index (χ3n) is 2.10. The Morgan fingerprint density at radius 1 is 1.53 bits per heavy atom. The number of fused-ring (bicyclic) bond motifs is 1. The topological polar surface area (TPSA) is 156 Å². The van der Waals surface area contributed by atoms with Gasteiger partial charge in [0.25, 0.3) is 15.8 Å². The van der Waals surface area contributed by atoms with E-state index in [0.29, 0.717) is 0 Å². The molecule has 0 aliphatic heterocycles. The zero-order valence-electron chi connectivity index (χ0n) is 7.88. The molecule has 0 aromatic carbocycles. The summed E-state index contributed by atoms with van der Waals surface area (Å²) in [5.41, 5.74) is -1.74. The van der Waals surface area contributed by atoms with E-state index in [2.05, 4.69) is 9.79 Å². The summed E-state index contributed by atoms with van der Waals surface area (Å²) >= 11 is 0. The highest BCUT2D eigenvalue weighted by Gasteiger charge is 2.43. The molecule has 1 aromatic rings. The number of hydrogen-bond donors (Lipinski definition) is 1. The summed E-state index contributed by atoms with van der Waals surface area (Å²) in [6.45, 7) is 0. The number of nitrogens with zero attached hydrogens (tertiary/aromatic N) is 3. The maximum Gasteiger partial charge on any atom is 0.318 e. The molecular formula is C6H4N3O7S-. The Morgan fingerprint density at radius 2 is 2.18 bits per heavy atom. The Kier molecular flexibility index (Phi) is 2.29. The molecule has 0 radical (unpaired) electrons. The SMILES string of the molecule is O=S(=O)(O)C1C=Cc2c(no[n+]2[O-])C1=[N+]([O-])[O-]. The first-order valence-corrected chi connectivity index (χ1v) is 5.58. The fraction of sp³-hybridized carbons (Fsp3) is 0.167. The summed E-state index contributed by atoms with van der Waals surface area (Å²) in [5.74, 6) is 0. The lowest BCUT2D eigenvalue weighted by Crippen LogP contribution is -2.38. The van der Waals surface area contributed by atoms with Crippen LogP contribution < -0.4 is 4.90 Å². The first-order valence-electron chi connectivity index (χ1n) is 4.08. The van der Waals surface area contributed by atoms with E-state index in [1.54, 1.807) is 0 Å². The average molecular weight is 262 g/mol. The minimum absolute atomic E-state index is 0.102. The molecule has 1 aliphatic carbocycles. The van der Waals surface area contributed by atoms with Crippen LogP contribution in [-0.2, 0) is 10.1 Å². The van der Waals surface area contributed by atoms with Crippen LogP contribution >= 0.6 is 0 Å². The van der Waals surface area contributed by atoms with Gasteiger partial charge in [0.2, 0.25) is 5.69 Å². The monoisotopic (exact) mass is 262 g/mol. The van der Waals surface area contributed by atoms with Gasteiger partial charge in [-0.15, -0.1) is 0 Å². The predicted octanol–water partition coefficient (Wildman–Crippen LogP) is -1.61. The first-order chi connectivity index (χ1) is 7.82. The Morgan fingerprint density at radius 3 is 2.71 bits per heavy atom. The molecule has 10 nitrogen and oxygen atoms in total. The Labute approximate surface area is 93.5 Å². The maximum atomic E-state index is 11.0. The molecular weight excluding hydrogens is 258 g/mol. The van der Waals surface area contributed by atoms with Crippen molar-refractivity contribution < 1.29 is 27.4 Å². The summed E-state index contributed by atoms with van der Waals surface area (Å²) in [7, 11) is -4.71. The summed E-state index contributed by atoms with van der Waals surface area (Å²) < 4.78 is 34.9. The van der Waals surface area contributed by atoms with E-state index in [1.807, 2.05) is 0 Å². The van der Waals surface area contributed by atoms with E-state index in [1.165, 1.54) is 0 Å². The second kappa shape index (κ2) is 3.43. The van der Waals surface area contributed by atoms with Crippen molar-refractivity contribution in [2.75, 3.05) is 0 Å². The van der Waals surface area contributed by atoms with E-state index >= 15 is 0 Å². The third-order valence-corrected chi connectivity index (χ3v) is 3.13. The van der Waals surface area contributed by atoms with Crippen molar-refractivity contribution in [3.63, 3.8) is 0 Å². The molecule has 0 amide bonds. The second-order valence-electron chi connectivity index (χ2n) is 3.10. The van der Waals surface area contributed by atoms with Gasteiger partial charge in [-0.05, 0) is 17.1 Å². The zero-order chi connectivity index (χ0) is 12.8. The second-order valence-corrected chi connectivity index (χ2v) is 4.64. The van der Waals surface area contributed by atoms with Crippen LogP contribution in [0.1, 0.15) is 11.4 Å². The molecule has 0 bridgehead atoms. The minimum atomic E-state index is -4.71. The van der Waals surface area contributed by atoms with Gasteiger partial charge in [-0.1, -0.05) is 0 Å². The van der Waals surface area contributed by atoms with Crippen molar-refractivity contribution in [3.05, 3.63) is 33.1 Å². The first kappa shape index (κ1) is 11.3. The van der Waals surface area contributed by atoms with Crippen LogP contribution in [0.5, 0.6) is 0 Å². The van der Waals surface area contributed by atoms with E-state index < -0.39 is 31.7 Å². The van der Waals surface area contributed by atoms with Gasteiger partial charge in [-0.3, -0.25) is 9.18 Å². The van der Waals surface area contributed by atoms with Crippen molar-refractivity contribution in [2.24, 2.45) is 0 Å². The highest BCUT2D eigenvalue weighted by atomic mass is 32.2. The van der Waals surface area contributed by atoms with E-state index in [0.717, 1.165) is 12.2 Å². The largest absolute Gasteiger partial charge is 0.612 e. The van der Waals surface area contributed by atoms with E-state index in [-0.39, 0.29) is 10.6 Å². The highest BCUT2D eigenvalue weighted by Crippen LogP contribution is 2.19. The number of rotatable bonds is 1. The lowest BCUT2D eigenvalue weighted by Gasteiger charge is -2.14. The Balaban J connectivity index is 2.71. The Bertz CT molecular complexity index is 624. The molecule has 17 heavy (non-hydrogen) atoms. The standard InChI is InChI=1S/C6H4N3O7S/c10-8(11)6-4(17(13,14)15)2-1-3-5(6)7-16-9(3)12/h1-2,4H,(H-,10,11,13,14,15)/q-1. The molecule has 2 rings (SSSR count). The summed E-state index contributed by atoms with van der Waals surface area (Å²) in [6.07, 6.45) is 1.78. The molecule has 1 aromatic heterocycles. The highest BCUT2D eigenvalue weighted by molar-refractivity contribution is 7.87. The molecule has 0 saturated carbocycles. The van der Waals surface area contributed by atoms with Crippen LogP contribution in [0.4, 0.5) is 0 Å². The van der Waals surface area contributed by atoms with Gasteiger partial charge in [0.15, 0.2) is 5.25 Å². The molecule has 1 N–H and O–H groups in total. The molecule has 0 fully saturated rings. The van der Waals surface area contributed by atoms with Crippen molar-refractivity contribution in [1.82, 2.24) is 5.16 Å². The quantitative estimate of drug-likeness (QED) is 0.359. The van der Waals surface area contributed by atoms with Gasteiger partial charge in [-0.25, -0.2) is 0 Å². The smallest absolute Gasteiger partial charge is 0.318 e. The average Bonchev–Trinajstić information content (AvgIpc) is 2.57. The fourth-order valence-electron chi connectivity index (χ4n) is 1.41. The minimum Gasteiger partial charge on any atom is -0.612 e. The third kappa shape index (κ3) is 1.70. The van der Waals surface area contributed by atoms with Crippen LogP contribution in [0.2, 0.25) is 0 Å². The van der Waals surface area contributed by atoms with Crippen molar-refractivity contribution in [1.29, 1.82) is 0 Å². The van der Waals surface area contributed by atoms with Gasteiger partial charge >= 0.3 is 5.69 Å². The molecule has 0 spiro atoms. The molecule has 1 heterocycles. The molecule has 11 heteroatoms. The van der Waals surface area contributed by atoms with Gasteiger partial charge in [0.05, 0.1) is 5.16 Å². The van der Waals surface area contributed by atoms with Gasteiger partial charge in [0, 0.05) is 0 Å². The van der Waals surface area contributed by atoms with E-state index in [9.17, 15) is 24.0 Å². The van der Waals surface area contributed by atoms with Crippen LogP contribution in [0.25, 0.3) is 6.08 Å². The van der Waals surface area contributed by atoms with Crippen molar-refractivity contribution in [3.8, 4) is 0 Å². The number of hydrogen-bond acceptors (Lipinski definition) is 7. The van der Waals surface area contributed by atoms with Crippen LogP contribution in [0.3, 0.4) is 0 Å². The lowest BCUT2D eigenvalue weighted by molar-refractivity contribution is -0.803. The predicted molar refractivity (Wildman–Crippen MR) is 50.9 cm³/mol. The Hall–Kier alpha value is -2.14. The van der Waals surface area contributed by atoms with Gasteiger partial charge < -0.3 is 15.6 Å². The lowest BCUT2D eigenvalue weighted by atomic mass is 10.1. The van der Waals surface area contributed by atoms with E-state index in [4.69, 9.17) is 4.55 Å². The molecule has 0 saturated heterocycles.